The second-order valence-corrected chi connectivity index (χ2v) is 11.7. The number of hydrogen-bond acceptors (Lipinski definition) is 3. The second kappa shape index (κ2) is 11.1. The number of quaternary nitrogens is 1. The molecule has 0 bridgehead atoms. The first-order valence-corrected chi connectivity index (χ1v) is 12.1. The van der Waals surface area contributed by atoms with Crippen molar-refractivity contribution in [3.05, 3.63) is 0 Å². The lowest BCUT2D eigenvalue weighted by atomic mass is 9.86. The normalized spacial score (nSPS) is 16.9. The van der Waals surface area contributed by atoms with Gasteiger partial charge in [-0.25, -0.2) is 21.9 Å². The molecule has 0 heterocycles. The SMILES string of the molecule is CN(CCC[N+](C)(C)CC(=O)O)S(=O)(=O)CCC(F)(F)C(F)(F)C(F)(F)C(F)(F)C(F)(C(F)(F)F)C(F)(F)Cl. The second-order valence-electron chi connectivity index (χ2n) is 9.03. The van der Waals surface area contributed by atoms with Gasteiger partial charge in [-0.15, -0.1) is 0 Å². The van der Waals surface area contributed by atoms with E-state index in [9.17, 15) is 74.7 Å². The topological polar surface area (TPSA) is 74.7 Å². The summed E-state index contributed by atoms with van der Waals surface area (Å²) >= 11 is 3.54. The molecule has 0 spiro atoms. The number of rotatable bonds is 15. The molecule has 22 heteroatoms. The molecule has 0 aromatic carbocycles. The van der Waals surface area contributed by atoms with Gasteiger partial charge in [-0.3, -0.25) is 0 Å². The zero-order chi connectivity index (χ0) is 31.9. The van der Waals surface area contributed by atoms with Gasteiger partial charge < -0.3 is 9.59 Å². The van der Waals surface area contributed by atoms with Gasteiger partial charge in [-0.1, -0.05) is 0 Å². The molecule has 6 nitrogen and oxygen atoms in total. The van der Waals surface area contributed by atoms with Crippen molar-refractivity contribution in [1.29, 1.82) is 0 Å². The molecule has 39 heavy (non-hydrogen) atoms. The van der Waals surface area contributed by atoms with Crippen molar-refractivity contribution in [2.45, 2.75) is 53.8 Å². The van der Waals surface area contributed by atoms with Crippen LogP contribution in [-0.4, -0.2) is 116 Å². The number of nitrogens with zero attached hydrogens (tertiary/aromatic N) is 2. The van der Waals surface area contributed by atoms with Gasteiger partial charge in [0.05, 0.1) is 26.4 Å². The van der Waals surface area contributed by atoms with E-state index in [0.29, 0.717) is 7.05 Å². The number of alkyl halides is 15. The van der Waals surface area contributed by atoms with E-state index in [2.05, 4.69) is 11.6 Å². The molecule has 0 aliphatic carbocycles. The molecule has 0 saturated carbocycles. The summed E-state index contributed by atoms with van der Waals surface area (Å²) in [5, 5.41) is 1.68. The maximum atomic E-state index is 14.0. The lowest BCUT2D eigenvalue weighted by Gasteiger charge is -2.43. The summed E-state index contributed by atoms with van der Waals surface area (Å²) in [6, 6.07) is 0. The Kier molecular flexibility index (Phi) is 10.8. The Balaban J connectivity index is 5.98. The number of likely N-dealkylation sites (N-methyl/N-ethyl adjacent to an activating group) is 1. The predicted molar refractivity (Wildman–Crippen MR) is 106 cm³/mol. The molecule has 1 unspecified atom stereocenters. The number of hydrogen-bond donors (Lipinski definition) is 1. The summed E-state index contributed by atoms with van der Waals surface area (Å²) in [5.74, 6) is -34.4. The molecule has 0 rings (SSSR count). The third-order valence-electron chi connectivity index (χ3n) is 5.41. The number of carbonyl (C=O) groups is 1. The highest BCUT2D eigenvalue weighted by molar-refractivity contribution is 7.89. The zero-order valence-corrected chi connectivity index (χ0v) is 21.5. The summed E-state index contributed by atoms with van der Waals surface area (Å²) in [7, 11) is -1.62. The van der Waals surface area contributed by atoms with Gasteiger partial charge in [0.1, 0.15) is 0 Å². The number of aliphatic carboxylic acids is 1. The molecule has 1 N–H and O–H groups in total. The monoisotopic (exact) mass is 651 g/mol. The maximum absolute atomic E-state index is 14.0. The molecule has 0 aromatic heterocycles. The van der Waals surface area contributed by atoms with E-state index in [1.165, 1.54) is 14.1 Å². The Bertz CT molecular complexity index is 969. The molecule has 0 radical (unpaired) electrons. The van der Waals surface area contributed by atoms with Gasteiger partial charge in [-0.2, -0.15) is 57.1 Å². The van der Waals surface area contributed by atoms with Gasteiger partial charge in [0.25, 0.3) is 0 Å². The number of halogens is 15. The van der Waals surface area contributed by atoms with Gasteiger partial charge in [0, 0.05) is 26.4 Å². The Morgan fingerprint density at radius 3 is 1.64 bits per heavy atom. The number of sulfonamides is 1. The van der Waals surface area contributed by atoms with Crippen LogP contribution < -0.4 is 0 Å². The minimum Gasteiger partial charge on any atom is -0.477 e. The van der Waals surface area contributed by atoms with Crippen molar-refractivity contribution in [3.8, 4) is 0 Å². The Labute approximate surface area is 217 Å². The maximum Gasteiger partial charge on any atom is 0.436 e. The molecular formula is C17H22ClF14N2O4S+. The van der Waals surface area contributed by atoms with E-state index in [1.54, 1.807) is 0 Å². The molecule has 0 fully saturated rings. The fourth-order valence-electron chi connectivity index (χ4n) is 3.04. The quantitative estimate of drug-likeness (QED) is 0.156. The minimum absolute atomic E-state index is 0.0446. The van der Waals surface area contributed by atoms with Crippen LogP contribution in [0.1, 0.15) is 12.8 Å². The minimum atomic E-state index is -8.33. The van der Waals surface area contributed by atoms with Crippen LogP contribution in [0.5, 0.6) is 0 Å². The largest absolute Gasteiger partial charge is 0.477 e. The molecule has 0 aliphatic heterocycles. The van der Waals surface area contributed by atoms with Gasteiger partial charge in [0.15, 0.2) is 6.54 Å². The van der Waals surface area contributed by atoms with Crippen LogP contribution in [0.4, 0.5) is 61.5 Å². The number of carboxylic acid groups (broad SMARTS) is 1. The standard InChI is InChI=1S/C17H21ClF14N2O4S/c1-33(6-4-7-34(2,3)9-10(35)36)39(37,38)8-5-11(19,20)13(22,23)15(26,27)14(24,25)12(21,16(18,28)29)17(30,31)32/h4-9H2,1-3H3/p+1. The van der Waals surface area contributed by atoms with Gasteiger partial charge in [-0.05, 0) is 11.6 Å². The first-order valence-electron chi connectivity index (χ1n) is 10.1. The Hall–Kier alpha value is -1.35. The summed E-state index contributed by atoms with van der Waals surface area (Å²) in [6.45, 7) is -1.07. The van der Waals surface area contributed by atoms with E-state index in [1.807, 2.05) is 0 Å². The van der Waals surface area contributed by atoms with Crippen LogP contribution in [0, 0.1) is 0 Å². The van der Waals surface area contributed by atoms with Crippen molar-refractivity contribution >= 4 is 27.6 Å². The molecular weight excluding hydrogens is 630 g/mol. The van der Waals surface area contributed by atoms with Crippen LogP contribution in [0.15, 0.2) is 0 Å². The Morgan fingerprint density at radius 2 is 1.28 bits per heavy atom. The van der Waals surface area contributed by atoms with Gasteiger partial charge in [0.2, 0.25) is 10.0 Å². The van der Waals surface area contributed by atoms with Crippen LogP contribution in [0.3, 0.4) is 0 Å². The van der Waals surface area contributed by atoms with Crippen molar-refractivity contribution in [3.63, 3.8) is 0 Å². The van der Waals surface area contributed by atoms with E-state index in [0.717, 1.165) is 0 Å². The third kappa shape index (κ3) is 7.30. The fourth-order valence-corrected chi connectivity index (χ4v) is 4.49. The number of carboxylic acids is 1. The van der Waals surface area contributed by atoms with Crippen LogP contribution in [0.25, 0.3) is 0 Å². The molecule has 1 atom stereocenters. The summed E-state index contributed by atoms with van der Waals surface area (Å²) in [6.07, 6.45) is -10.9. The average molecular weight is 652 g/mol. The summed E-state index contributed by atoms with van der Waals surface area (Å²) < 4.78 is 213. The highest BCUT2D eigenvalue weighted by Gasteiger charge is 2.94. The fraction of sp³-hybridized carbons (Fsp3) is 0.941. The lowest BCUT2D eigenvalue weighted by molar-refractivity contribution is -0.883. The van der Waals surface area contributed by atoms with Crippen molar-refractivity contribution in [2.24, 2.45) is 0 Å². The van der Waals surface area contributed by atoms with Crippen molar-refractivity contribution < 1.29 is 84.3 Å². The van der Waals surface area contributed by atoms with Gasteiger partial charge >= 0.3 is 46.9 Å². The first-order chi connectivity index (χ1) is 16.8. The Morgan fingerprint density at radius 1 is 0.846 bits per heavy atom. The van der Waals surface area contributed by atoms with Crippen molar-refractivity contribution in [2.75, 3.05) is 46.5 Å². The molecule has 0 aliphatic rings. The molecule has 0 amide bonds. The highest BCUT2D eigenvalue weighted by atomic mass is 35.5. The van der Waals surface area contributed by atoms with Crippen LogP contribution in [0.2, 0.25) is 0 Å². The average Bonchev–Trinajstić information content (AvgIpc) is 2.68. The van der Waals surface area contributed by atoms with Crippen LogP contribution in [-0.2, 0) is 14.8 Å². The highest BCUT2D eigenvalue weighted by Crippen LogP contribution is 2.64. The third-order valence-corrected chi connectivity index (χ3v) is 7.52. The molecule has 0 saturated heterocycles. The zero-order valence-electron chi connectivity index (χ0n) is 19.9. The summed E-state index contributed by atoms with van der Waals surface area (Å²) in [4.78, 5) is 10.7. The molecule has 0 aromatic rings. The van der Waals surface area contributed by atoms with E-state index in [-0.39, 0.29) is 21.8 Å². The smallest absolute Gasteiger partial charge is 0.436 e. The summed E-state index contributed by atoms with van der Waals surface area (Å²) in [5.41, 5.74) is -7.99. The van der Waals surface area contributed by atoms with Crippen molar-refractivity contribution in [1.82, 2.24) is 4.31 Å². The predicted octanol–water partition coefficient (Wildman–Crippen LogP) is 4.83. The van der Waals surface area contributed by atoms with E-state index >= 15 is 0 Å². The molecule has 234 valence electrons. The van der Waals surface area contributed by atoms with E-state index < -0.39 is 82.2 Å². The lowest BCUT2D eigenvalue weighted by Crippen LogP contribution is -2.75. The van der Waals surface area contributed by atoms with Crippen LogP contribution >= 0.6 is 11.6 Å². The first kappa shape index (κ1) is 37.6. The van der Waals surface area contributed by atoms with E-state index in [4.69, 9.17) is 5.11 Å².